The number of carbonyl (C=O) groups excluding carboxylic acids is 1. The first-order valence-corrected chi connectivity index (χ1v) is 8.40. The first-order chi connectivity index (χ1) is 13.1. The van der Waals surface area contributed by atoms with Crippen molar-refractivity contribution in [3.8, 4) is 5.75 Å². The number of fused-ring (bicyclic) bond motifs is 4. The molecule has 5 rings (SSSR count). The second-order valence-electron chi connectivity index (χ2n) is 6.38. The maximum Gasteiger partial charge on any atom is 0.343 e. The fraction of sp³-hybridized carbons (Fsp3) is 0.0952. The largest absolute Gasteiger partial charge is 0.464 e. The molecule has 2 aromatic heterocycles. The number of rotatable bonds is 1. The van der Waals surface area contributed by atoms with Crippen molar-refractivity contribution in [2.45, 2.75) is 12.3 Å². The van der Waals surface area contributed by atoms with E-state index in [1.165, 1.54) is 6.26 Å². The van der Waals surface area contributed by atoms with Crippen LogP contribution in [-0.4, -0.2) is 5.97 Å². The SMILES string of the molecule is O=C1CC(c2coc3ccccc3c2=O)c2c(c3ccccc3oc2=O)O1. The van der Waals surface area contributed by atoms with Crippen LogP contribution < -0.4 is 15.8 Å². The number of carbonyl (C=O) groups is 1. The van der Waals surface area contributed by atoms with E-state index in [-0.39, 0.29) is 28.7 Å². The number of benzene rings is 2. The van der Waals surface area contributed by atoms with Crippen molar-refractivity contribution in [1.29, 1.82) is 0 Å². The Hall–Kier alpha value is -3.67. The Morgan fingerprint density at radius 3 is 2.37 bits per heavy atom. The van der Waals surface area contributed by atoms with Gasteiger partial charge in [0.25, 0.3) is 0 Å². The van der Waals surface area contributed by atoms with Crippen molar-refractivity contribution in [3.63, 3.8) is 0 Å². The van der Waals surface area contributed by atoms with E-state index in [1.54, 1.807) is 48.5 Å². The molecule has 132 valence electrons. The minimum absolute atomic E-state index is 0.140. The molecule has 1 unspecified atom stereocenters. The number of ether oxygens (including phenoxy) is 1. The van der Waals surface area contributed by atoms with Crippen LogP contribution in [0.4, 0.5) is 0 Å². The molecule has 1 aliphatic rings. The smallest absolute Gasteiger partial charge is 0.343 e. The van der Waals surface area contributed by atoms with Crippen LogP contribution in [0.2, 0.25) is 0 Å². The molecule has 1 aliphatic heterocycles. The lowest BCUT2D eigenvalue weighted by Crippen LogP contribution is -2.29. The van der Waals surface area contributed by atoms with E-state index in [4.69, 9.17) is 13.6 Å². The van der Waals surface area contributed by atoms with Crippen molar-refractivity contribution in [3.05, 3.63) is 86.6 Å². The van der Waals surface area contributed by atoms with Crippen LogP contribution in [0.15, 0.2) is 73.2 Å². The highest BCUT2D eigenvalue weighted by molar-refractivity contribution is 5.90. The van der Waals surface area contributed by atoms with Crippen molar-refractivity contribution in [2.24, 2.45) is 0 Å². The van der Waals surface area contributed by atoms with Gasteiger partial charge in [-0.3, -0.25) is 9.59 Å². The molecule has 4 aromatic rings. The fourth-order valence-electron chi connectivity index (χ4n) is 3.57. The molecule has 2 aromatic carbocycles. The van der Waals surface area contributed by atoms with Gasteiger partial charge in [-0.2, -0.15) is 0 Å². The van der Waals surface area contributed by atoms with Gasteiger partial charge < -0.3 is 13.6 Å². The molecule has 0 aliphatic carbocycles. The van der Waals surface area contributed by atoms with Gasteiger partial charge in [0.2, 0.25) is 0 Å². The van der Waals surface area contributed by atoms with Gasteiger partial charge in [0.1, 0.15) is 11.2 Å². The van der Waals surface area contributed by atoms with E-state index >= 15 is 0 Å². The molecule has 0 saturated heterocycles. The van der Waals surface area contributed by atoms with Crippen molar-refractivity contribution >= 4 is 27.9 Å². The topological polar surface area (TPSA) is 86.7 Å². The molecule has 0 N–H and O–H groups in total. The zero-order chi connectivity index (χ0) is 18.5. The van der Waals surface area contributed by atoms with Gasteiger partial charge in [-0.1, -0.05) is 24.3 Å². The standard InChI is InChI=1S/C21H12O6/c22-17-9-13(14-10-25-15-7-3-1-5-11(15)19(14)23)18-20(27-17)12-6-2-4-8-16(12)26-21(18)24/h1-8,10,13H,9H2. The zero-order valence-corrected chi connectivity index (χ0v) is 13.9. The Bertz CT molecular complexity index is 1340. The van der Waals surface area contributed by atoms with Gasteiger partial charge in [0, 0.05) is 11.5 Å². The third-order valence-electron chi connectivity index (χ3n) is 4.82. The first-order valence-electron chi connectivity index (χ1n) is 8.40. The number of esters is 1. The Labute approximate surface area is 151 Å². The number of para-hydroxylation sites is 2. The van der Waals surface area contributed by atoms with Crippen LogP contribution in [0.3, 0.4) is 0 Å². The van der Waals surface area contributed by atoms with Crippen LogP contribution in [0, 0.1) is 0 Å². The van der Waals surface area contributed by atoms with Crippen LogP contribution in [-0.2, 0) is 4.79 Å². The van der Waals surface area contributed by atoms with Gasteiger partial charge in [0.05, 0.1) is 29.0 Å². The fourth-order valence-corrected chi connectivity index (χ4v) is 3.57. The summed E-state index contributed by atoms with van der Waals surface area (Å²) in [5.41, 5.74) is 0.240. The first kappa shape index (κ1) is 15.6. The molecule has 6 nitrogen and oxygen atoms in total. The summed E-state index contributed by atoms with van der Waals surface area (Å²) in [6.07, 6.45) is 1.17. The van der Waals surface area contributed by atoms with Gasteiger partial charge >= 0.3 is 11.6 Å². The summed E-state index contributed by atoms with van der Waals surface area (Å²) in [7, 11) is 0. The Kier molecular flexibility index (Phi) is 3.27. The molecule has 3 heterocycles. The van der Waals surface area contributed by atoms with E-state index in [0.29, 0.717) is 21.9 Å². The summed E-state index contributed by atoms with van der Waals surface area (Å²) < 4.78 is 16.3. The summed E-state index contributed by atoms with van der Waals surface area (Å²) >= 11 is 0. The zero-order valence-electron chi connectivity index (χ0n) is 13.9. The monoisotopic (exact) mass is 360 g/mol. The molecule has 27 heavy (non-hydrogen) atoms. The van der Waals surface area contributed by atoms with Crippen molar-refractivity contribution < 1.29 is 18.4 Å². The highest BCUT2D eigenvalue weighted by atomic mass is 16.5. The van der Waals surface area contributed by atoms with E-state index in [1.807, 2.05) is 0 Å². The lowest BCUT2D eigenvalue weighted by Gasteiger charge is -2.23. The second kappa shape index (κ2) is 5.67. The van der Waals surface area contributed by atoms with E-state index in [0.717, 1.165) is 0 Å². The molecular formula is C21H12O6. The molecule has 0 bridgehead atoms. The third-order valence-corrected chi connectivity index (χ3v) is 4.82. The van der Waals surface area contributed by atoms with Crippen LogP contribution in [0.5, 0.6) is 5.75 Å². The molecule has 0 spiro atoms. The Morgan fingerprint density at radius 2 is 1.56 bits per heavy atom. The molecule has 0 saturated carbocycles. The molecular weight excluding hydrogens is 348 g/mol. The normalized spacial score (nSPS) is 16.3. The quantitative estimate of drug-likeness (QED) is 0.382. The molecule has 1 atom stereocenters. The minimum atomic E-state index is -0.789. The lowest BCUT2D eigenvalue weighted by atomic mass is 9.87. The Balaban J connectivity index is 1.83. The average molecular weight is 360 g/mol. The van der Waals surface area contributed by atoms with Crippen molar-refractivity contribution in [1.82, 2.24) is 0 Å². The molecule has 6 heteroatoms. The molecule has 0 amide bonds. The summed E-state index contributed by atoms with van der Waals surface area (Å²) in [4.78, 5) is 37.9. The lowest BCUT2D eigenvalue weighted by molar-refractivity contribution is -0.135. The van der Waals surface area contributed by atoms with Crippen LogP contribution in [0.25, 0.3) is 21.9 Å². The van der Waals surface area contributed by atoms with Gasteiger partial charge in [-0.25, -0.2) is 4.79 Å². The highest BCUT2D eigenvalue weighted by Crippen LogP contribution is 2.40. The summed E-state index contributed by atoms with van der Waals surface area (Å²) in [6, 6.07) is 13.6. The molecule has 0 fully saturated rings. The predicted octanol–water partition coefficient (Wildman–Crippen LogP) is 3.34. The summed E-state index contributed by atoms with van der Waals surface area (Å²) in [5, 5.41) is 0.899. The third kappa shape index (κ3) is 2.30. The maximum atomic E-state index is 13.0. The number of hydrogen-bond acceptors (Lipinski definition) is 6. The predicted molar refractivity (Wildman–Crippen MR) is 97.1 cm³/mol. The van der Waals surface area contributed by atoms with Gasteiger partial charge in [0.15, 0.2) is 11.2 Å². The van der Waals surface area contributed by atoms with E-state index in [2.05, 4.69) is 0 Å². The average Bonchev–Trinajstić information content (AvgIpc) is 2.68. The van der Waals surface area contributed by atoms with Gasteiger partial charge in [-0.05, 0) is 24.3 Å². The minimum Gasteiger partial charge on any atom is -0.464 e. The summed E-state index contributed by atoms with van der Waals surface area (Å²) in [6.45, 7) is 0. The molecule has 0 radical (unpaired) electrons. The number of hydrogen-bond donors (Lipinski definition) is 0. The summed E-state index contributed by atoms with van der Waals surface area (Å²) in [5.74, 6) is -1.16. The second-order valence-corrected chi connectivity index (χ2v) is 6.38. The van der Waals surface area contributed by atoms with E-state index < -0.39 is 17.5 Å². The van der Waals surface area contributed by atoms with Crippen LogP contribution >= 0.6 is 0 Å². The Morgan fingerprint density at radius 1 is 0.852 bits per heavy atom. The highest BCUT2D eigenvalue weighted by Gasteiger charge is 2.35. The van der Waals surface area contributed by atoms with Crippen molar-refractivity contribution in [2.75, 3.05) is 0 Å². The van der Waals surface area contributed by atoms with E-state index in [9.17, 15) is 14.4 Å². The van der Waals surface area contributed by atoms with Crippen LogP contribution in [0.1, 0.15) is 23.5 Å². The van der Waals surface area contributed by atoms with Gasteiger partial charge in [-0.15, -0.1) is 0 Å². The maximum absolute atomic E-state index is 13.0.